The molecule has 0 spiro atoms. The minimum Gasteiger partial charge on any atom is -0.454 e. The fourth-order valence-electron chi connectivity index (χ4n) is 2.14. The van der Waals surface area contributed by atoms with E-state index in [1.807, 2.05) is 18.2 Å². The summed E-state index contributed by atoms with van der Waals surface area (Å²) in [4.78, 5) is 12.1. The predicted molar refractivity (Wildman–Crippen MR) is 71.3 cm³/mol. The Morgan fingerprint density at radius 1 is 1.28 bits per heavy atom. The van der Waals surface area contributed by atoms with Crippen LogP contribution in [0.3, 0.4) is 0 Å². The molecule has 2 aliphatic rings. The number of rotatable bonds is 2. The van der Waals surface area contributed by atoms with Gasteiger partial charge < -0.3 is 14.8 Å². The number of anilines is 1. The van der Waals surface area contributed by atoms with Crippen molar-refractivity contribution in [3.8, 4) is 11.5 Å². The first-order valence-electron chi connectivity index (χ1n) is 6.15. The standard InChI is InChI=1S/C13H15NO3S/c15-13(12-3-1-2-6-18-12)14-9-4-5-10-11(7-9)17-8-16-10/h4-5,7,12H,1-3,6,8H2,(H,14,15). The summed E-state index contributed by atoms with van der Waals surface area (Å²) >= 11 is 1.75. The van der Waals surface area contributed by atoms with Crippen LogP contribution in [0, 0.1) is 0 Å². The smallest absolute Gasteiger partial charge is 0.237 e. The normalized spacial score (nSPS) is 21.7. The molecule has 1 amide bonds. The third kappa shape index (κ3) is 2.41. The van der Waals surface area contributed by atoms with Crippen molar-refractivity contribution in [1.29, 1.82) is 0 Å². The highest BCUT2D eigenvalue weighted by molar-refractivity contribution is 8.00. The summed E-state index contributed by atoms with van der Waals surface area (Å²) in [5.41, 5.74) is 0.774. The van der Waals surface area contributed by atoms with Gasteiger partial charge in [0.2, 0.25) is 12.7 Å². The molecule has 96 valence electrons. The number of amides is 1. The van der Waals surface area contributed by atoms with Gasteiger partial charge in [-0.05, 0) is 30.7 Å². The first-order valence-corrected chi connectivity index (χ1v) is 7.20. The highest BCUT2D eigenvalue weighted by Gasteiger charge is 2.22. The minimum absolute atomic E-state index is 0.0872. The molecule has 0 saturated carbocycles. The topological polar surface area (TPSA) is 47.6 Å². The van der Waals surface area contributed by atoms with Gasteiger partial charge in [0.15, 0.2) is 11.5 Å². The zero-order valence-electron chi connectivity index (χ0n) is 9.98. The summed E-state index contributed by atoms with van der Waals surface area (Å²) < 4.78 is 10.5. The fraction of sp³-hybridized carbons (Fsp3) is 0.462. The second kappa shape index (κ2) is 5.10. The van der Waals surface area contributed by atoms with Crippen LogP contribution >= 0.6 is 11.8 Å². The maximum absolute atomic E-state index is 12.1. The SMILES string of the molecule is O=C(Nc1ccc2c(c1)OCO2)C1CCCCS1. The van der Waals surface area contributed by atoms with Crippen LogP contribution in [-0.4, -0.2) is 23.7 Å². The molecular formula is C13H15NO3S. The average Bonchev–Trinajstić information content (AvgIpc) is 2.87. The van der Waals surface area contributed by atoms with Gasteiger partial charge in [-0.15, -0.1) is 11.8 Å². The van der Waals surface area contributed by atoms with Crippen LogP contribution in [0.5, 0.6) is 11.5 Å². The van der Waals surface area contributed by atoms with Crippen LogP contribution in [0.2, 0.25) is 0 Å². The average molecular weight is 265 g/mol. The van der Waals surface area contributed by atoms with Crippen molar-refractivity contribution in [2.24, 2.45) is 0 Å². The Hall–Kier alpha value is -1.36. The lowest BCUT2D eigenvalue weighted by Crippen LogP contribution is -2.27. The summed E-state index contributed by atoms with van der Waals surface area (Å²) in [5.74, 6) is 2.61. The minimum atomic E-state index is 0.0872. The Labute approximate surface area is 110 Å². The Morgan fingerprint density at radius 3 is 3.00 bits per heavy atom. The molecule has 0 bridgehead atoms. The van der Waals surface area contributed by atoms with E-state index in [1.165, 1.54) is 6.42 Å². The van der Waals surface area contributed by atoms with Crippen LogP contribution in [0.1, 0.15) is 19.3 Å². The second-order valence-electron chi connectivity index (χ2n) is 4.41. The number of fused-ring (bicyclic) bond motifs is 1. The van der Waals surface area contributed by atoms with Gasteiger partial charge >= 0.3 is 0 Å². The molecule has 2 heterocycles. The third-order valence-corrected chi connectivity index (χ3v) is 4.49. The molecular weight excluding hydrogens is 250 g/mol. The molecule has 1 aromatic rings. The lowest BCUT2D eigenvalue weighted by Gasteiger charge is -2.20. The highest BCUT2D eigenvalue weighted by Crippen LogP contribution is 2.34. The molecule has 1 saturated heterocycles. The highest BCUT2D eigenvalue weighted by atomic mass is 32.2. The van der Waals surface area contributed by atoms with E-state index >= 15 is 0 Å². The van der Waals surface area contributed by atoms with E-state index in [0.717, 1.165) is 30.0 Å². The number of carbonyl (C=O) groups is 1. The fourth-order valence-corrected chi connectivity index (χ4v) is 3.34. The van der Waals surface area contributed by atoms with E-state index < -0.39 is 0 Å². The van der Waals surface area contributed by atoms with Gasteiger partial charge in [0.05, 0.1) is 5.25 Å². The molecule has 1 unspecified atom stereocenters. The molecule has 0 radical (unpaired) electrons. The van der Waals surface area contributed by atoms with Gasteiger partial charge in [-0.3, -0.25) is 4.79 Å². The van der Waals surface area contributed by atoms with Crippen molar-refractivity contribution in [3.63, 3.8) is 0 Å². The summed E-state index contributed by atoms with van der Waals surface area (Å²) in [5, 5.41) is 3.03. The first kappa shape index (κ1) is 11.7. The molecule has 5 heteroatoms. The lowest BCUT2D eigenvalue weighted by atomic mass is 10.2. The zero-order chi connectivity index (χ0) is 12.4. The molecule has 0 aromatic heterocycles. The number of hydrogen-bond acceptors (Lipinski definition) is 4. The Balaban J connectivity index is 1.66. The van der Waals surface area contributed by atoms with E-state index in [2.05, 4.69) is 5.32 Å². The summed E-state index contributed by atoms with van der Waals surface area (Å²) in [6, 6.07) is 5.48. The van der Waals surface area contributed by atoms with Crippen LogP contribution in [-0.2, 0) is 4.79 Å². The van der Waals surface area contributed by atoms with Crippen molar-refractivity contribution in [2.75, 3.05) is 17.9 Å². The molecule has 4 nitrogen and oxygen atoms in total. The molecule has 3 rings (SSSR count). The van der Waals surface area contributed by atoms with Crippen molar-refractivity contribution in [3.05, 3.63) is 18.2 Å². The van der Waals surface area contributed by atoms with Crippen molar-refractivity contribution >= 4 is 23.4 Å². The van der Waals surface area contributed by atoms with Crippen LogP contribution in [0.25, 0.3) is 0 Å². The summed E-state index contributed by atoms with van der Waals surface area (Å²) in [6.07, 6.45) is 3.34. The quantitative estimate of drug-likeness (QED) is 0.893. The third-order valence-electron chi connectivity index (χ3n) is 3.11. The van der Waals surface area contributed by atoms with Gasteiger partial charge in [0.25, 0.3) is 0 Å². The monoisotopic (exact) mass is 265 g/mol. The zero-order valence-corrected chi connectivity index (χ0v) is 10.8. The molecule has 1 aromatic carbocycles. The Morgan fingerprint density at radius 2 is 2.17 bits per heavy atom. The second-order valence-corrected chi connectivity index (χ2v) is 5.72. The number of ether oxygens (including phenoxy) is 2. The van der Waals surface area contributed by atoms with E-state index in [-0.39, 0.29) is 18.0 Å². The number of benzene rings is 1. The number of hydrogen-bond donors (Lipinski definition) is 1. The number of carbonyl (C=O) groups excluding carboxylic acids is 1. The molecule has 1 fully saturated rings. The first-order chi connectivity index (χ1) is 8.83. The van der Waals surface area contributed by atoms with Crippen LogP contribution < -0.4 is 14.8 Å². The molecule has 2 aliphatic heterocycles. The van der Waals surface area contributed by atoms with Crippen molar-refractivity contribution in [2.45, 2.75) is 24.5 Å². The van der Waals surface area contributed by atoms with E-state index in [4.69, 9.17) is 9.47 Å². The van der Waals surface area contributed by atoms with Crippen molar-refractivity contribution in [1.82, 2.24) is 0 Å². The van der Waals surface area contributed by atoms with E-state index in [9.17, 15) is 4.79 Å². The number of nitrogens with one attached hydrogen (secondary N) is 1. The van der Waals surface area contributed by atoms with E-state index in [1.54, 1.807) is 11.8 Å². The summed E-state index contributed by atoms with van der Waals surface area (Å²) in [6.45, 7) is 0.255. The predicted octanol–water partition coefficient (Wildman–Crippen LogP) is 2.64. The Kier molecular flexibility index (Phi) is 3.32. The molecule has 1 N–H and O–H groups in total. The molecule has 18 heavy (non-hydrogen) atoms. The maximum atomic E-state index is 12.1. The largest absolute Gasteiger partial charge is 0.454 e. The van der Waals surface area contributed by atoms with Gasteiger partial charge in [-0.25, -0.2) is 0 Å². The van der Waals surface area contributed by atoms with Crippen molar-refractivity contribution < 1.29 is 14.3 Å². The maximum Gasteiger partial charge on any atom is 0.237 e. The van der Waals surface area contributed by atoms with Gasteiger partial charge in [0, 0.05) is 11.8 Å². The lowest BCUT2D eigenvalue weighted by molar-refractivity contribution is -0.115. The summed E-state index contributed by atoms with van der Waals surface area (Å²) in [7, 11) is 0. The van der Waals surface area contributed by atoms with Gasteiger partial charge in [0.1, 0.15) is 0 Å². The Bertz CT molecular complexity index is 458. The van der Waals surface area contributed by atoms with Gasteiger partial charge in [-0.1, -0.05) is 6.42 Å². The van der Waals surface area contributed by atoms with E-state index in [0.29, 0.717) is 5.75 Å². The van der Waals surface area contributed by atoms with Crippen LogP contribution in [0.15, 0.2) is 18.2 Å². The van der Waals surface area contributed by atoms with Gasteiger partial charge in [-0.2, -0.15) is 0 Å². The molecule has 1 atom stereocenters. The molecule has 0 aliphatic carbocycles. The number of thioether (sulfide) groups is 1. The van der Waals surface area contributed by atoms with Crippen LogP contribution in [0.4, 0.5) is 5.69 Å².